The molecule has 0 saturated heterocycles. The van der Waals surface area contributed by atoms with E-state index in [1.54, 1.807) is 12.1 Å². The molecule has 0 heterocycles. The van der Waals surface area contributed by atoms with Gasteiger partial charge in [0.15, 0.2) is 0 Å². The Morgan fingerprint density at radius 2 is 1.70 bits per heavy atom. The molecule has 10 heteroatoms. The van der Waals surface area contributed by atoms with Crippen LogP contribution in [0.2, 0.25) is 10.0 Å². The van der Waals surface area contributed by atoms with E-state index in [9.17, 15) is 21.6 Å². The summed E-state index contributed by atoms with van der Waals surface area (Å²) in [6.45, 7) is 0. The van der Waals surface area contributed by atoms with Crippen LogP contribution in [0.15, 0.2) is 41.3 Å². The molecule has 0 aromatic heterocycles. The minimum absolute atomic E-state index is 0.168. The predicted octanol–water partition coefficient (Wildman–Crippen LogP) is 5.42. The fourth-order valence-corrected chi connectivity index (χ4v) is 3.81. The minimum atomic E-state index is -4.76. The van der Waals surface area contributed by atoms with E-state index < -0.39 is 31.7 Å². The first-order chi connectivity index (χ1) is 10.5. The molecular formula is C13H7Cl2F3INO2S. The molecule has 124 valence electrons. The third-order valence-electron chi connectivity index (χ3n) is 2.73. The number of nitrogens with one attached hydrogen (secondary N) is 1. The summed E-state index contributed by atoms with van der Waals surface area (Å²) in [5.41, 5.74) is -1.05. The number of alkyl halides is 3. The molecule has 2 aromatic rings. The topological polar surface area (TPSA) is 46.2 Å². The van der Waals surface area contributed by atoms with Crippen molar-refractivity contribution in [3.63, 3.8) is 0 Å². The van der Waals surface area contributed by atoms with E-state index in [1.165, 1.54) is 6.07 Å². The quantitative estimate of drug-likeness (QED) is 0.578. The van der Waals surface area contributed by atoms with Gasteiger partial charge in [-0.2, -0.15) is 13.2 Å². The average molecular weight is 496 g/mol. The van der Waals surface area contributed by atoms with E-state index in [4.69, 9.17) is 23.2 Å². The highest BCUT2D eigenvalue weighted by Crippen LogP contribution is 2.36. The molecule has 0 fully saturated rings. The zero-order valence-electron chi connectivity index (χ0n) is 11.0. The molecule has 0 bridgehead atoms. The molecule has 2 aromatic carbocycles. The normalized spacial score (nSPS) is 12.3. The van der Waals surface area contributed by atoms with Gasteiger partial charge in [0.25, 0.3) is 10.0 Å². The minimum Gasteiger partial charge on any atom is -0.279 e. The van der Waals surface area contributed by atoms with Gasteiger partial charge in [-0.25, -0.2) is 8.42 Å². The Bertz CT molecular complexity index is 857. The molecule has 1 N–H and O–H groups in total. The van der Waals surface area contributed by atoms with Crippen LogP contribution in [0.4, 0.5) is 18.9 Å². The van der Waals surface area contributed by atoms with Crippen molar-refractivity contribution in [2.24, 2.45) is 0 Å². The molecular weight excluding hydrogens is 489 g/mol. The molecule has 2 rings (SSSR count). The lowest BCUT2D eigenvalue weighted by Crippen LogP contribution is -2.15. The SMILES string of the molecule is O=S(=O)(Nc1cc(Cl)ccc1I)c1ccc(Cl)c(C(F)(F)F)c1. The summed E-state index contributed by atoms with van der Waals surface area (Å²) in [6.07, 6.45) is -4.76. The van der Waals surface area contributed by atoms with Gasteiger partial charge in [-0.1, -0.05) is 23.2 Å². The van der Waals surface area contributed by atoms with Gasteiger partial charge in [-0.3, -0.25) is 4.72 Å². The van der Waals surface area contributed by atoms with Gasteiger partial charge in [-0.05, 0) is 59.0 Å². The second kappa shape index (κ2) is 6.66. The number of sulfonamides is 1. The van der Waals surface area contributed by atoms with Crippen molar-refractivity contribution in [3.05, 3.63) is 55.6 Å². The lowest BCUT2D eigenvalue weighted by Gasteiger charge is -2.13. The Labute approximate surface area is 154 Å². The molecule has 0 aliphatic rings. The highest BCUT2D eigenvalue weighted by molar-refractivity contribution is 14.1. The second-order valence-electron chi connectivity index (χ2n) is 4.37. The van der Waals surface area contributed by atoms with Crippen LogP contribution in [-0.4, -0.2) is 8.42 Å². The molecule has 0 spiro atoms. The molecule has 0 radical (unpaired) electrons. The smallest absolute Gasteiger partial charge is 0.279 e. The fourth-order valence-electron chi connectivity index (χ4n) is 1.67. The number of hydrogen-bond donors (Lipinski definition) is 1. The highest BCUT2D eigenvalue weighted by Gasteiger charge is 2.34. The first-order valence-electron chi connectivity index (χ1n) is 5.85. The van der Waals surface area contributed by atoms with Crippen molar-refractivity contribution in [2.45, 2.75) is 11.1 Å². The maximum atomic E-state index is 12.8. The molecule has 0 saturated carbocycles. The number of rotatable bonds is 3. The molecule has 0 amide bonds. The third-order valence-corrected chi connectivity index (χ3v) is 5.59. The summed E-state index contributed by atoms with van der Waals surface area (Å²) in [4.78, 5) is -0.551. The summed E-state index contributed by atoms with van der Waals surface area (Å²) in [5, 5.41) is -0.288. The number of benzene rings is 2. The summed E-state index contributed by atoms with van der Waals surface area (Å²) < 4.78 is 65.9. The van der Waals surface area contributed by atoms with Crippen LogP contribution < -0.4 is 4.72 Å². The fraction of sp³-hybridized carbons (Fsp3) is 0.0769. The number of halogens is 6. The van der Waals surface area contributed by atoms with Crippen molar-refractivity contribution in [3.8, 4) is 0 Å². The number of anilines is 1. The lowest BCUT2D eigenvalue weighted by atomic mass is 10.2. The van der Waals surface area contributed by atoms with Gasteiger partial charge in [0.05, 0.1) is 21.2 Å². The van der Waals surface area contributed by atoms with E-state index in [-0.39, 0.29) is 10.7 Å². The molecule has 0 atom stereocenters. The molecule has 0 aliphatic carbocycles. The maximum absolute atomic E-state index is 12.8. The van der Waals surface area contributed by atoms with Gasteiger partial charge in [-0.15, -0.1) is 0 Å². The van der Waals surface area contributed by atoms with Crippen LogP contribution in [0, 0.1) is 3.57 Å². The second-order valence-corrected chi connectivity index (χ2v) is 8.06. The standard InChI is InChI=1S/C13H7Cl2F3INO2S/c14-7-1-4-11(19)12(5-7)20-23(21,22)8-2-3-10(15)9(6-8)13(16,17)18/h1-6,20H. The Morgan fingerprint density at radius 3 is 2.30 bits per heavy atom. The van der Waals surface area contributed by atoms with Crippen LogP contribution in [0.1, 0.15) is 5.56 Å². The molecule has 3 nitrogen and oxygen atoms in total. The van der Waals surface area contributed by atoms with Crippen molar-refractivity contribution in [1.29, 1.82) is 0 Å². The van der Waals surface area contributed by atoms with Crippen molar-refractivity contribution >= 4 is 61.5 Å². The average Bonchev–Trinajstić information content (AvgIpc) is 2.41. The third kappa shape index (κ3) is 4.43. The summed E-state index contributed by atoms with van der Waals surface area (Å²) in [6, 6.07) is 6.87. The van der Waals surface area contributed by atoms with Crippen LogP contribution in [0.3, 0.4) is 0 Å². The van der Waals surface area contributed by atoms with E-state index >= 15 is 0 Å². The van der Waals surface area contributed by atoms with Crippen LogP contribution in [0.5, 0.6) is 0 Å². The first-order valence-corrected chi connectivity index (χ1v) is 9.17. The summed E-state index contributed by atoms with van der Waals surface area (Å²) in [5.74, 6) is 0. The molecule has 0 unspecified atom stereocenters. The Kier molecular flexibility index (Phi) is 5.39. The van der Waals surface area contributed by atoms with E-state index in [1.807, 2.05) is 22.6 Å². The summed E-state index contributed by atoms with van der Waals surface area (Å²) >= 11 is 13.2. The van der Waals surface area contributed by atoms with Crippen LogP contribution in [-0.2, 0) is 16.2 Å². The molecule has 0 aliphatic heterocycles. The first kappa shape index (κ1) is 18.6. The molecule has 23 heavy (non-hydrogen) atoms. The van der Waals surface area contributed by atoms with Crippen molar-refractivity contribution < 1.29 is 21.6 Å². The van der Waals surface area contributed by atoms with E-state index in [2.05, 4.69) is 4.72 Å². The van der Waals surface area contributed by atoms with Crippen LogP contribution >= 0.6 is 45.8 Å². The van der Waals surface area contributed by atoms with Gasteiger partial charge in [0.2, 0.25) is 0 Å². The highest BCUT2D eigenvalue weighted by atomic mass is 127. The maximum Gasteiger partial charge on any atom is 0.417 e. The summed E-state index contributed by atoms with van der Waals surface area (Å²) in [7, 11) is -4.22. The number of hydrogen-bond acceptors (Lipinski definition) is 2. The Hall–Kier alpha value is -0.710. The Morgan fingerprint density at radius 1 is 1.04 bits per heavy atom. The van der Waals surface area contributed by atoms with Gasteiger partial charge in [0.1, 0.15) is 0 Å². The zero-order valence-corrected chi connectivity index (χ0v) is 15.4. The lowest BCUT2D eigenvalue weighted by molar-refractivity contribution is -0.137. The van der Waals surface area contributed by atoms with E-state index in [0.717, 1.165) is 12.1 Å². The van der Waals surface area contributed by atoms with E-state index in [0.29, 0.717) is 9.64 Å². The van der Waals surface area contributed by atoms with Crippen LogP contribution in [0.25, 0.3) is 0 Å². The van der Waals surface area contributed by atoms with Crippen molar-refractivity contribution in [1.82, 2.24) is 0 Å². The van der Waals surface area contributed by atoms with Gasteiger partial charge >= 0.3 is 6.18 Å². The predicted molar refractivity (Wildman–Crippen MR) is 91.4 cm³/mol. The zero-order chi connectivity index (χ0) is 17.4. The Balaban J connectivity index is 2.46. The monoisotopic (exact) mass is 495 g/mol. The van der Waals surface area contributed by atoms with Crippen molar-refractivity contribution in [2.75, 3.05) is 4.72 Å². The largest absolute Gasteiger partial charge is 0.417 e. The van der Waals surface area contributed by atoms with Gasteiger partial charge in [0, 0.05) is 8.59 Å². The van der Waals surface area contributed by atoms with Gasteiger partial charge < -0.3 is 0 Å².